The molecule has 1 atom stereocenters. The number of carbonyl (C=O) groups is 1. The summed E-state index contributed by atoms with van der Waals surface area (Å²) >= 11 is 3.55. The first kappa shape index (κ1) is 17.5. The lowest BCUT2D eigenvalue weighted by atomic mass is 9.97. The predicted molar refractivity (Wildman–Crippen MR) is 107 cm³/mol. The van der Waals surface area contributed by atoms with Gasteiger partial charge in [-0.2, -0.15) is 5.10 Å². The van der Waals surface area contributed by atoms with Crippen LogP contribution in [0.1, 0.15) is 44.7 Å². The quantitative estimate of drug-likeness (QED) is 0.673. The van der Waals surface area contributed by atoms with Gasteiger partial charge < -0.3 is 4.90 Å². The van der Waals surface area contributed by atoms with Crippen LogP contribution < -0.4 is 0 Å². The molecule has 0 radical (unpaired) electrons. The largest absolute Gasteiger partial charge is 0.330 e. The number of thiophene rings is 2. The molecule has 1 aliphatic rings. The Morgan fingerprint density at radius 2 is 2.12 bits per heavy atom. The summed E-state index contributed by atoms with van der Waals surface area (Å²) in [6, 6.07) is 6.50. The number of aryl methyl sites for hydroxylation is 2. The SMILES string of the molecule is Cc1nn(C)c(C)c1CCC(=O)N1CCc2sccc2C1c1cccs1. The Hall–Kier alpha value is -1.92. The van der Waals surface area contributed by atoms with E-state index in [0.717, 1.165) is 30.8 Å². The van der Waals surface area contributed by atoms with Crippen molar-refractivity contribution in [1.29, 1.82) is 0 Å². The van der Waals surface area contributed by atoms with E-state index in [2.05, 4.69) is 45.9 Å². The van der Waals surface area contributed by atoms with E-state index in [1.807, 2.05) is 30.0 Å². The van der Waals surface area contributed by atoms with Crippen molar-refractivity contribution in [3.8, 4) is 0 Å². The topological polar surface area (TPSA) is 38.1 Å². The summed E-state index contributed by atoms with van der Waals surface area (Å²) in [5.41, 5.74) is 4.71. The van der Waals surface area contributed by atoms with Crippen LogP contribution >= 0.6 is 22.7 Å². The summed E-state index contributed by atoms with van der Waals surface area (Å²) in [6.07, 6.45) is 2.26. The molecular formula is C20H23N3OS2. The highest BCUT2D eigenvalue weighted by molar-refractivity contribution is 7.10. The van der Waals surface area contributed by atoms with Crippen LogP contribution in [0.5, 0.6) is 0 Å². The van der Waals surface area contributed by atoms with Crippen molar-refractivity contribution in [2.75, 3.05) is 6.54 Å². The lowest BCUT2D eigenvalue weighted by molar-refractivity contribution is -0.133. The fourth-order valence-electron chi connectivity index (χ4n) is 3.89. The molecule has 1 aliphatic heterocycles. The summed E-state index contributed by atoms with van der Waals surface area (Å²) in [5.74, 6) is 0.239. The van der Waals surface area contributed by atoms with E-state index in [1.54, 1.807) is 11.3 Å². The second kappa shape index (κ2) is 7.00. The average Bonchev–Trinajstić information content (AvgIpc) is 3.35. The first-order valence-electron chi connectivity index (χ1n) is 8.94. The van der Waals surface area contributed by atoms with Gasteiger partial charge in [0.1, 0.15) is 0 Å². The number of carbonyl (C=O) groups excluding carboxylic acids is 1. The van der Waals surface area contributed by atoms with E-state index >= 15 is 0 Å². The van der Waals surface area contributed by atoms with E-state index in [4.69, 9.17) is 0 Å². The van der Waals surface area contributed by atoms with Crippen molar-refractivity contribution < 1.29 is 4.79 Å². The number of hydrogen-bond donors (Lipinski definition) is 0. The van der Waals surface area contributed by atoms with Gasteiger partial charge in [0, 0.05) is 35.5 Å². The zero-order valence-corrected chi connectivity index (χ0v) is 17.0. The molecule has 3 aromatic heterocycles. The van der Waals surface area contributed by atoms with Crippen molar-refractivity contribution in [2.45, 2.75) is 39.2 Å². The summed E-state index contributed by atoms with van der Waals surface area (Å²) in [4.78, 5) is 17.9. The van der Waals surface area contributed by atoms with Gasteiger partial charge in [-0.1, -0.05) is 6.07 Å². The predicted octanol–water partition coefficient (Wildman–Crippen LogP) is 4.27. The highest BCUT2D eigenvalue weighted by atomic mass is 32.1. The molecule has 1 amide bonds. The third-order valence-corrected chi connectivity index (χ3v) is 7.27. The number of fused-ring (bicyclic) bond motifs is 1. The lowest BCUT2D eigenvalue weighted by Gasteiger charge is -2.35. The molecule has 1 unspecified atom stereocenters. The minimum Gasteiger partial charge on any atom is -0.330 e. The summed E-state index contributed by atoms with van der Waals surface area (Å²) in [5, 5.41) is 8.73. The molecule has 0 saturated carbocycles. The van der Waals surface area contributed by atoms with Gasteiger partial charge in [-0.25, -0.2) is 0 Å². The van der Waals surface area contributed by atoms with E-state index in [9.17, 15) is 4.79 Å². The fourth-order valence-corrected chi connectivity index (χ4v) is 5.65. The second-order valence-electron chi connectivity index (χ2n) is 6.83. The molecule has 0 spiro atoms. The lowest BCUT2D eigenvalue weighted by Crippen LogP contribution is -2.39. The molecule has 4 rings (SSSR count). The van der Waals surface area contributed by atoms with Crippen LogP contribution in [0, 0.1) is 13.8 Å². The second-order valence-corrected chi connectivity index (χ2v) is 8.81. The number of amides is 1. The molecule has 4 nitrogen and oxygen atoms in total. The third kappa shape index (κ3) is 3.01. The summed E-state index contributed by atoms with van der Waals surface area (Å²) in [7, 11) is 1.96. The van der Waals surface area contributed by atoms with Crippen molar-refractivity contribution in [2.24, 2.45) is 7.05 Å². The van der Waals surface area contributed by atoms with E-state index < -0.39 is 0 Å². The molecule has 26 heavy (non-hydrogen) atoms. The molecule has 0 aromatic carbocycles. The van der Waals surface area contributed by atoms with Gasteiger partial charge in [0.15, 0.2) is 0 Å². The smallest absolute Gasteiger partial charge is 0.223 e. The Morgan fingerprint density at radius 3 is 2.81 bits per heavy atom. The minimum atomic E-state index is 0.0774. The standard InChI is InChI=1S/C20H23N3OS2/c1-13-15(14(2)22(3)21-13)6-7-19(24)23-10-8-17-16(9-12-26-17)20(23)18-5-4-11-25-18/h4-5,9,11-12,20H,6-8,10H2,1-3H3. The molecule has 6 heteroatoms. The van der Waals surface area contributed by atoms with Crippen molar-refractivity contribution in [3.05, 3.63) is 61.2 Å². The van der Waals surface area contributed by atoms with Gasteiger partial charge in [-0.05, 0) is 60.7 Å². The van der Waals surface area contributed by atoms with Crippen molar-refractivity contribution >= 4 is 28.6 Å². The van der Waals surface area contributed by atoms with Crippen LogP contribution in [0.3, 0.4) is 0 Å². The highest BCUT2D eigenvalue weighted by Crippen LogP contribution is 2.39. The van der Waals surface area contributed by atoms with E-state index in [1.165, 1.54) is 20.9 Å². The normalized spacial score (nSPS) is 16.7. The Morgan fingerprint density at radius 1 is 1.27 bits per heavy atom. The van der Waals surface area contributed by atoms with Crippen LogP contribution in [-0.4, -0.2) is 27.1 Å². The van der Waals surface area contributed by atoms with Gasteiger partial charge in [0.25, 0.3) is 0 Å². The van der Waals surface area contributed by atoms with Gasteiger partial charge in [-0.15, -0.1) is 22.7 Å². The maximum Gasteiger partial charge on any atom is 0.223 e. The van der Waals surface area contributed by atoms with Crippen LogP contribution in [0.4, 0.5) is 0 Å². The van der Waals surface area contributed by atoms with Gasteiger partial charge >= 0.3 is 0 Å². The number of nitrogens with zero attached hydrogens (tertiary/aromatic N) is 3. The van der Waals surface area contributed by atoms with Gasteiger partial charge in [0.05, 0.1) is 11.7 Å². The van der Waals surface area contributed by atoms with E-state index in [-0.39, 0.29) is 11.9 Å². The molecule has 3 aromatic rings. The van der Waals surface area contributed by atoms with Crippen LogP contribution in [0.25, 0.3) is 0 Å². The van der Waals surface area contributed by atoms with Crippen LogP contribution in [-0.2, 0) is 24.7 Å². The molecule has 0 N–H and O–H groups in total. The molecule has 0 bridgehead atoms. The van der Waals surface area contributed by atoms with Crippen LogP contribution in [0.15, 0.2) is 29.0 Å². The molecule has 136 valence electrons. The summed E-state index contributed by atoms with van der Waals surface area (Å²) in [6.45, 7) is 4.91. The maximum absolute atomic E-state index is 13.1. The zero-order valence-electron chi connectivity index (χ0n) is 15.4. The van der Waals surface area contributed by atoms with E-state index in [0.29, 0.717) is 6.42 Å². The Kier molecular flexibility index (Phi) is 4.71. The summed E-state index contributed by atoms with van der Waals surface area (Å²) < 4.78 is 1.90. The highest BCUT2D eigenvalue weighted by Gasteiger charge is 2.33. The first-order valence-corrected chi connectivity index (χ1v) is 10.7. The number of rotatable bonds is 4. The monoisotopic (exact) mass is 385 g/mol. The molecule has 0 aliphatic carbocycles. The van der Waals surface area contributed by atoms with Crippen molar-refractivity contribution in [1.82, 2.24) is 14.7 Å². The van der Waals surface area contributed by atoms with Gasteiger partial charge in [0.2, 0.25) is 5.91 Å². The third-order valence-electron chi connectivity index (χ3n) is 5.35. The molecule has 0 fully saturated rings. The van der Waals surface area contributed by atoms with Crippen LogP contribution in [0.2, 0.25) is 0 Å². The van der Waals surface area contributed by atoms with Gasteiger partial charge in [-0.3, -0.25) is 9.48 Å². The molecular weight excluding hydrogens is 362 g/mol. The Balaban J connectivity index is 1.57. The Labute approximate surface area is 162 Å². The molecule has 4 heterocycles. The zero-order chi connectivity index (χ0) is 18.3. The minimum absolute atomic E-state index is 0.0774. The number of aromatic nitrogens is 2. The average molecular weight is 386 g/mol. The maximum atomic E-state index is 13.1. The molecule has 0 saturated heterocycles. The fraction of sp³-hybridized carbons (Fsp3) is 0.400. The van der Waals surface area contributed by atoms with Crippen molar-refractivity contribution in [3.63, 3.8) is 0 Å². The number of hydrogen-bond acceptors (Lipinski definition) is 4. The first-order chi connectivity index (χ1) is 12.6. The Bertz CT molecular complexity index is 923.